The molecule has 0 bridgehead atoms. The standard InChI is InChI=1S/C13H16Br2N2O2/c14-10-5-8(3-4-16)6-11(15)13(10)19-7-12(18)17-9-1-2-9/h5-6,9H,1-4,7,16H2,(H,17,18). The minimum atomic E-state index is -0.0765. The van der Waals surface area contributed by atoms with E-state index in [1.54, 1.807) is 0 Å². The number of amides is 1. The van der Waals surface area contributed by atoms with Crippen molar-refractivity contribution in [3.8, 4) is 5.75 Å². The lowest BCUT2D eigenvalue weighted by atomic mass is 10.1. The Morgan fingerprint density at radius 3 is 2.53 bits per heavy atom. The van der Waals surface area contributed by atoms with Gasteiger partial charge in [0.05, 0.1) is 8.95 Å². The number of hydrogen-bond acceptors (Lipinski definition) is 3. The maximum Gasteiger partial charge on any atom is 0.258 e. The molecule has 6 heteroatoms. The van der Waals surface area contributed by atoms with Crippen LogP contribution in [0.15, 0.2) is 21.1 Å². The van der Waals surface area contributed by atoms with Crippen molar-refractivity contribution in [1.29, 1.82) is 0 Å². The van der Waals surface area contributed by atoms with Gasteiger partial charge in [-0.05, 0) is 75.4 Å². The van der Waals surface area contributed by atoms with E-state index in [0.717, 1.165) is 33.8 Å². The summed E-state index contributed by atoms with van der Waals surface area (Å²) in [4.78, 5) is 11.6. The molecule has 1 aliphatic rings. The fraction of sp³-hybridized carbons (Fsp3) is 0.462. The summed E-state index contributed by atoms with van der Waals surface area (Å²) < 4.78 is 7.20. The van der Waals surface area contributed by atoms with Gasteiger partial charge in [0.15, 0.2) is 6.61 Å². The molecule has 19 heavy (non-hydrogen) atoms. The number of rotatable bonds is 6. The van der Waals surface area contributed by atoms with E-state index in [1.807, 2.05) is 12.1 Å². The zero-order chi connectivity index (χ0) is 13.8. The molecule has 1 aromatic carbocycles. The van der Waals surface area contributed by atoms with Crippen LogP contribution in [0.5, 0.6) is 5.75 Å². The number of ether oxygens (including phenoxy) is 1. The molecule has 1 aromatic rings. The Bertz CT molecular complexity index is 453. The van der Waals surface area contributed by atoms with Crippen LogP contribution in [-0.2, 0) is 11.2 Å². The Morgan fingerprint density at radius 1 is 1.37 bits per heavy atom. The molecule has 0 aromatic heterocycles. The van der Waals surface area contributed by atoms with Gasteiger partial charge in [-0.25, -0.2) is 0 Å². The monoisotopic (exact) mass is 390 g/mol. The van der Waals surface area contributed by atoms with Gasteiger partial charge >= 0.3 is 0 Å². The Labute approximate surface area is 129 Å². The van der Waals surface area contributed by atoms with Gasteiger partial charge in [-0.3, -0.25) is 4.79 Å². The molecule has 104 valence electrons. The van der Waals surface area contributed by atoms with Crippen molar-refractivity contribution in [3.05, 3.63) is 26.6 Å². The Kier molecular flexibility index (Phi) is 5.24. The minimum absolute atomic E-state index is 0.0317. The molecule has 3 N–H and O–H groups in total. The quantitative estimate of drug-likeness (QED) is 0.782. The molecule has 0 unspecified atom stereocenters. The molecule has 2 rings (SSSR count). The number of halogens is 2. The predicted octanol–water partition coefficient (Wildman–Crippen LogP) is 2.37. The van der Waals surface area contributed by atoms with Crippen LogP contribution in [0.3, 0.4) is 0 Å². The summed E-state index contributed by atoms with van der Waals surface area (Å²) in [5.41, 5.74) is 6.66. The molecule has 0 spiro atoms. The van der Waals surface area contributed by atoms with Crippen molar-refractivity contribution in [2.24, 2.45) is 5.73 Å². The lowest BCUT2D eigenvalue weighted by Gasteiger charge is -2.12. The molecule has 0 atom stereocenters. The summed E-state index contributed by atoms with van der Waals surface area (Å²) in [6.07, 6.45) is 2.96. The number of carbonyl (C=O) groups excluding carboxylic acids is 1. The van der Waals surface area contributed by atoms with Crippen molar-refractivity contribution >= 4 is 37.8 Å². The molecular weight excluding hydrogens is 376 g/mol. The Balaban J connectivity index is 1.96. The smallest absolute Gasteiger partial charge is 0.258 e. The summed E-state index contributed by atoms with van der Waals surface area (Å²) in [5.74, 6) is 0.569. The van der Waals surface area contributed by atoms with Gasteiger partial charge in [-0.1, -0.05) is 0 Å². The molecule has 0 heterocycles. The Hall–Kier alpha value is -0.590. The minimum Gasteiger partial charge on any atom is -0.481 e. The average molecular weight is 392 g/mol. The third-order valence-electron chi connectivity index (χ3n) is 2.78. The second kappa shape index (κ2) is 6.72. The molecular formula is C13H16Br2N2O2. The maximum atomic E-state index is 11.6. The molecule has 1 amide bonds. The highest BCUT2D eigenvalue weighted by Gasteiger charge is 2.23. The molecule has 1 aliphatic carbocycles. The zero-order valence-electron chi connectivity index (χ0n) is 10.4. The van der Waals surface area contributed by atoms with Crippen molar-refractivity contribution in [3.63, 3.8) is 0 Å². The summed E-state index contributed by atoms with van der Waals surface area (Å²) in [6.45, 7) is 0.632. The number of benzene rings is 1. The van der Waals surface area contributed by atoms with E-state index in [1.165, 1.54) is 0 Å². The van der Waals surface area contributed by atoms with Gasteiger partial charge in [-0.15, -0.1) is 0 Å². The molecule has 0 aliphatic heterocycles. The van der Waals surface area contributed by atoms with E-state index >= 15 is 0 Å². The van der Waals surface area contributed by atoms with Crippen LogP contribution in [-0.4, -0.2) is 25.1 Å². The van der Waals surface area contributed by atoms with E-state index in [2.05, 4.69) is 37.2 Å². The largest absolute Gasteiger partial charge is 0.481 e. The first kappa shape index (κ1) is 14.8. The van der Waals surface area contributed by atoms with E-state index in [4.69, 9.17) is 10.5 Å². The highest BCUT2D eigenvalue weighted by molar-refractivity contribution is 9.11. The van der Waals surface area contributed by atoms with E-state index < -0.39 is 0 Å². The van der Waals surface area contributed by atoms with Crippen LogP contribution in [0.2, 0.25) is 0 Å². The highest BCUT2D eigenvalue weighted by atomic mass is 79.9. The van der Waals surface area contributed by atoms with Crippen molar-refractivity contribution in [1.82, 2.24) is 5.32 Å². The van der Waals surface area contributed by atoms with Gasteiger partial charge in [0.2, 0.25) is 0 Å². The summed E-state index contributed by atoms with van der Waals surface area (Å²) in [5, 5.41) is 2.88. The van der Waals surface area contributed by atoms with Gasteiger partial charge in [0, 0.05) is 6.04 Å². The number of nitrogens with two attached hydrogens (primary N) is 1. The Morgan fingerprint density at radius 2 is 2.00 bits per heavy atom. The third kappa shape index (κ3) is 4.47. The summed E-state index contributed by atoms with van der Waals surface area (Å²) in [6, 6.07) is 4.28. The summed E-state index contributed by atoms with van der Waals surface area (Å²) >= 11 is 6.91. The zero-order valence-corrected chi connectivity index (χ0v) is 13.6. The molecule has 4 nitrogen and oxygen atoms in total. The fourth-order valence-electron chi connectivity index (χ4n) is 1.70. The third-order valence-corrected chi connectivity index (χ3v) is 3.96. The van der Waals surface area contributed by atoms with Crippen LogP contribution in [0, 0.1) is 0 Å². The molecule has 1 saturated carbocycles. The van der Waals surface area contributed by atoms with Crippen molar-refractivity contribution < 1.29 is 9.53 Å². The van der Waals surface area contributed by atoms with Gasteiger partial charge < -0.3 is 15.8 Å². The second-order valence-electron chi connectivity index (χ2n) is 4.56. The number of hydrogen-bond donors (Lipinski definition) is 2. The van der Waals surface area contributed by atoms with E-state index in [0.29, 0.717) is 18.3 Å². The van der Waals surface area contributed by atoms with Gasteiger partial charge in [0.25, 0.3) is 5.91 Å². The van der Waals surface area contributed by atoms with Crippen LogP contribution in [0.25, 0.3) is 0 Å². The average Bonchev–Trinajstić information content (AvgIpc) is 3.12. The maximum absolute atomic E-state index is 11.6. The van der Waals surface area contributed by atoms with Crippen LogP contribution in [0.1, 0.15) is 18.4 Å². The highest BCUT2D eigenvalue weighted by Crippen LogP contribution is 2.34. The van der Waals surface area contributed by atoms with E-state index in [-0.39, 0.29) is 12.5 Å². The number of nitrogens with one attached hydrogen (secondary N) is 1. The van der Waals surface area contributed by atoms with Crippen LogP contribution in [0.4, 0.5) is 0 Å². The van der Waals surface area contributed by atoms with E-state index in [9.17, 15) is 4.79 Å². The molecule has 0 saturated heterocycles. The SMILES string of the molecule is NCCc1cc(Br)c(OCC(=O)NC2CC2)c(Br)c1. The van der Waals surface area contributed by atoms with Gasteiger partial charge in [0.1, 0.15) is 5.75 Å². The molecule has 1 fully saturated rings. The topological polar surface area (TPSA) is 64.3 Å². The predicted molar refractivity (Wildman–Crippen MR) is 81.3 cm³/mol. The van der Waals surface area contributed by atoms with Crippen LogP contribution < -0.4 is 15.8 Å². The van der Waals surface area contributed by atoms with Crippen molar-refractivity contribution in [2.45, 2.75) is 25.3 Å². The lowest BCUT2D eigenvalue weighted by Crippen LogP contribution is -2.30. The first-order valence-electron chi connectivity index (χ1n) is 6.20. The summed E-state index contributed by atoms with van der Waals surface area (Å²) in [7, 11) is 0. The molecule has 0 radical (unpaired) electrons. The van der Waals surface area contributed by atoms with Crippen LogP contribution >= 0.6 is 31.9 Å². The first-order chi connectivity index (χ1) is 9.10. The first-order valence-corrected chi connectivity index (χ1v) is 7.79. The lowest BCUT2D eigenvalue weighted by molar-refractivity contribution is -0.123. The van der Waals surface area contributed by atoms with Crippen molar-refractivity contribution in [2.75, 3.05) is 13.2 Å². The number of carbonyl (C=O) groups is 1. The fourth-order valence-corrected chi connectivity index (χ4v) is 3.21. The van der Waals surface area contributed by atoms with Gasteiger partial charge in [-0.2, -0.15) is 0 Å². The normalized spacial score (nSPS) is 14.3. The second-order valence-corrected chi connectivity index (χ2v) is 6.27.